The highest BCUT2D eigenvalue weighted by Crippen LogP contribution is 2.35. The van der Waals surface area contributed by atoms with Crippen LogP contribution in [0.5, 0.6) is 5.75 Å². The van der Waals surface area contributed by atoms with Crippen LogP contribution in [0.25, 0.3) is 10.9 Å². The smallest absolute Gasteiger partial charge is 0.344 e. The third kappa shape index (κ3) is 5.34. The Morgan fingerprint density at radius 1 is 1.35 bits per heavy atom. The first-order valence-electron chi connectivity index (χ1n) is 9.35. The fourth-order valence-electron chi connectivity index (χ4n) is 2.82. The number of aromatic nitrogens is 2. The van der Waals surface area contributed by atoms with E-state index in [-0.39, 0.29) is 16.3 Å². The Balaban J connectivity index is 2.03. The standard InChI is InChI=1S/C21H18Br2ClN3O4/c1-3-4-18-26-17-6-5-13(22)9-14(17)20(28)27(18)25-10-12-7-15(23)19(16(24)8-12)31-11(2)21(29)30/h5-11H,3-4H2,1-2H3,(H,29,30)/t11-/m1/s1. The van der Waals surface area contributed by atoms with Crippen LogP contribution in [-0.4, -0.2) is 33.1 Å². The van der Waals surface area contributed by atoms with Crippen molar-refractivity contribution in [3.05, 3.63) is 66.0 Å². The molecule has 1 aromatic heterocycles. The molecule has 0 bridgehead atoms. The molecule has 31 heavy (non-hydrogen) atoms. The van der Waals surface area contributed by atoms with Crippen molar-refractivity contribution < 1.29 is 14.6 Å². The molecule has 0 unspecified atom stereocenters. The summed E-state index contributed by atoms with van der Waals surface area (Å²) in [5, 5.41) is 14.1. The number of fused-ring (bicyclic) bond motifs is 1. The summed E-state index contributed by atoms with van der Waals surface area (Å²) in [6.45, 7) is 3.41. The van der Waals surface area contributed by atoms with Gasteiger partial charge in [-0.3, -0.25) is 4.79 Å². The Morgan fingerprint density at radius 3 is 2.74 bits per heavy atom. The van der Waals surface area contributed by atoms with Crippen molar-refractivity contribution in [2.45, 2.75) is 32.8 Å². The summed E-state index contributed by atoms with van der Waals surface area (Å²) in [6.07, 6.45) is 1.82. The largest absolute Gasteiger partial charge is 0.479 e. The van der Waals surface area contributed by atoms with Crippen molar-refractivity contribution >= 4 is 66.5 Å². The summed E-state index contributed by atoms with van der Waals surface area (Å²) in [5.41, 5.74) is 0.935. The van der Waals surface area contributed by atoms with Crippen LogP contribution < -0.4 is 10.3 Å². The van der Waals surface area contributed by atoms with Gasteiger partial charge >= 0.3 is 5.97 Å². The second kappa shape index (κ2) is 9.93. The van der Waals surface area contributed by atoms with Crippen LogP contribution in [0.2, 0.25) is 5.02 Å². The van der Waals surface area contributed by atoms with Crippen molar-refractivity contribution in [2.24, 2.45) is 5.10 Å². The average molecular weight is 572 g/mol. The van der Waals surface area contributed by atoms with Crippen LogP contribution in [0.15, 0.2) is 49.2 Å². The molecule has 0 saturated carbocycles. The Morgan fingerprint density at radius 2 is 2.10 bits per heavy atom. The third-order valence-electron chi connectivity index (χ3n) is 4.33. The van der Waals surface area contributed by atoms with Gasteiger partial charge in [0.2, 0.25) is 0 Å². The molecule has 3 aromatic rings. The van der Waals surface area contributed by atoms with E-state index in [0.717, 1.165) is 10.9 Å². The van der Waals surface area contributed by atoms with Crippen LogP contribution in [-0.2, 0) is 11.2 Å². The van der Waals surface area contributed by atoms with Gasteiger partial charge in [-0.15, -0.1) is 0 Å². The zero-order valence-electron chi connectivity index (χ0n) is 16.6. The van der Waals surface area contributed by atoms with Gasteiger partial charge in [0, 0.05) is 10.9 Å². The first kappa shape index (κ1) is 23.4. The highest BCUT2D eigenvalue weighted by atomic mass is 79.9. The zero-order valence-corrected chi connectivity index (χ0v) is 20.5. The molecule has 0 radical (unpaired) electrons. The number of aryl methyl sites for hydroxylation is 1. The summed E-state index contributed by atoms with van der Waals surface area (Å²) in [6, 6.07) is 8.61. The van der Waals surface area contributed by atoms with Gasteiger partial charge in [-0.1, -0.05) is 34.5 Å². The number of hydrogen-bond donors (Lipinski definition) is 1. The van der Waals surface area contributed by atoms with E-state index in [2.05, 4.69) is 41.9 Å². The summed E-state index contributed by atoms with van der Waals surface area (Å²) < 4.78 is 7.93. The number of halogens is 3. The number of nitrogens with zero attached hydrogens (tertiary/aromatic N) is 3. The van der Waals surface area contributed by atoms with Crippen molar-refractivity contribution in [3.8, 4) is 5.75 Å². The molecule has 0 aliphatic rings. The fourth-order valence-corrected chi connectivity index (χ4v) is 4.14. The maximum absolute atomic E-state index is 13.0. The minimum absolute atomic E-state index is 0.214. The minimum atomic E-state index is -1.10. The molecule has 1 N–H and O–H groups in total. The summed E-state index contributed by atoms with van der Waals surface area (Å²) >= 11 is 13.0. The monoisotopic (exact) mass is 569 g/mol. The molecule has 1 atom stereocenters. The third-order valence-corrected chi connectivity index (χ3v) is 5.70. The molecule has 0 spiro atoms. The van der Waals surface area contributed by atoms with E-state index in [4.69, 9.17) is 21.4 Å². The predicted molar refractivity (Wildman–Crippen MR) is 128 cm³/mol. The lowest BCUT2D eigenvalue weighted by Crippen LogP contribution is -2.23. The van der Waals surface area contributed by atoms with Gasteiger partial charge in [0.25, 0.3) is 5.56 Å². The van der Waals surface area contributed by atoms with Crippen LogP contribution >= 0.6 is 43.5 Å². The number of carboxylic acids is 1. The van der Waals surface area contributed by atoms with Gasteiger partial charge in [-0.05, 0) is 65.2 Å². The summed E-state index contributed by atoms with van der Waals surface area (Å²) in [7, 11) is 0. The number of hydrogen-bond acceptors (Lipinski definition) is 5. The molecule has 0 amide bonds. The van der Waals surface area contributed by atoms with Crippen molar-refractivity contribution in [1.82, 2.24) is 9.66 Å². The Hall–Kier alpha value is -2.23. The zero-order chi connectivity index (χ0) is 22.7. The molecule has 7 nitrogen and oxygen atoms in total. The minimum Gasteiger partial charge on any atom is -0.479 e. The van der Waals surface area contributed by atoms with Crippen molar-refractivity contribution in [3.63, 3.8) is 0 Å². The van der Waals surface area contributed by atoms with Gasteiger partial charge in [-0.2, -0.15) is 9.78 Å². The maximum Gasteiger partial charge on any atom is 0.344 e. The maximum atomic E-state index is 13.0. The lowest BCUT2D eigenvalue weighted by atomic mass is 10.2. The SMILES string of the molecule is CCCc1nc2ccc(Br)cc2c(=O)n1N=Cc1cc(Cl)c(O[C@H](C)C(=O)O)c(Br)c1. The molecule has 10 heteroatoms. The van der Waals surface area contributed by atoms with Gasteiger partial charge < -0.3 is 9.84 Å². The number of carboxylic acid groups (broad SMARTS) is 1. The number of ether oxygens (including phenoxy) is 1. The second-order valence-electron chi connectivity index (χ2n) is 6.71. The number of benzene rings is 2. The molecule has 1 heterocycles. The Labute approximate surface area is 200 Å². The fraction of sp³-hybridized carbons (Fsp3) is 0.238. The van der Waals surface area contributed by atoms with E-state index in [0.29, 0.717) is 33.2 Å². The predicted octanol–water partition coefficient (Wildman–Crippen LogP) is 5.26. The van der Waals surface area contributed by atoms with E-state index in [1.54, 1.807) is 24.3 Å². The van der Waals surface area contributed by atoms with Crippen LogP contribution in [0, 0.1) is 0 Å². The molecule has 2 aromatic carbocycles. The Bertz CT molecular complexity index is 1220. The molecule has 0 aliphatic heterocycles. The first-order valence-corrected chi connectivity index (χ1v) is 11.3. The molecular formula is C21H18Br2ClN3O4. The highest BCUT2D eigenvalue weighted by molar-refractivity contribution is 9.10. The number of aliphatic carboxylic acids is 1. The molecule has 3 rings (SSSR count). The van der Waals surface area contributed by atoms with Crippen molar-refractivity contribution in [1.29, 1.82) is 0 Å². The van der Waals surface area contributed by atoms with Gasteiger partial charge in [0.1, 0.15) is 5.82 Å². The topological polar surface area (TPSA) is 93.8 Å². The van der Waals surface area contributed by atoms with Crippen molar-refractivity contribution in [2.75, 3.05) is 0 Å². The van der Waals surface area contributed by atoms with Gasteiger partial charge in [0.15, 0.2) is 11.9 Å². The summed E-state index contributed by atoms with van der Waals surface area (Å²) in [4.78, 5) is 28.7. The van der Waals surface area contributed by atoms with E-state index < -0.39 is 12.1 Å². The number of rotatable bonds is 7. The van der Waals surface area contributed by atoms with Gasteiger partial charge in [0.05, 0.1) is 26.6 Å². The lowest BCUT2D eigenvalue weighted by Gasteiger charge is -2.14. The summed E-state index contributed by atoms with van der Waals surface area (Å²) in [5.74, 6) is -0.333. The van der Waals surface area contributed by atoms with Crippen LogP contribution in [0.4, 0.5) is 0 Å². The van der Waals surface area contributed by atoms with Crippen LogP contribution in [0.3, 0.4) is 0 Å². The molecule has 0 fully saturated rings. The molecule has 0 saturated heterocycles. The molecular weight excluding hydrogens is 554 g/mol. The number of carbonyl (C=O) groups is 1. The molecule has 0 aliphatic carbocycles. The normalized spacial score (nSPS) is 12.4. The lowest BCUT2D eigenvalue weighted by molar-refractivity contribution is -0.144. The average Bonchev–Trinajstić information content (AvgIpc) is 2.71. The highest BCUT2D eigenvalue weighted by Gasteiger charge is 2.17. The van der Waals surface area contributed by atoms with E-state index in [9.17, 15) is 9.59 Å². The quantitative estimate of drug-likeness (QED) is 0.391. The Kier molecular flexibility index (Phi) is 7.51. The van der Waals surface area contributed by atoms with Gasteiger partial charge in [-0.25, -0.2) is 9.78 Å². The first-order chi connectivity index (χ1) is 14.7. The van der Waals surface area contributed by atoms with E-state index in [1.807, 2.05) is 13.0 Å². The van der Waals surface area contributed by atoms with E-state index >= 15 is 0 Å². The second-order valence-corrected chi connectivity index (χ2v) is 8.89. The van der Waals surface area contributed by atoms with Crippen LogP contribution in [0.1, 0.15) is 31.7 Å². The van der Waals surface area contributed by atoms with E-state index in [1.165, 1.54) is 17.8 Å². The molecule has 162 valence electrons.